The molecule has 1 aromatic rings. The second-order valence-corrected chi connectivity index (χ2v) is 8.82. The molecule has 1 heterocycles. The van der Waals surface area contributed by atoms with Crippen LogP contribution in [0, 0.1) is 11.7 Å². The lowest BCUT2D eigenvalue weighted by Gasteiger charge is -2.22. The normalized spacial score (nSPS) is 22.3. The summed E-state index contributed by atoms with van der Waals surface area (Å²) in [5, 5.41) is 3.35. The quantitative estimate of drug-likeness (QED) is 0.825. The van der Waals surface area contributed by atoms with Gasteiger partial charge < -0.3 is 5.32 Å². The number of nitrogens with one attached hydrogen (secondary N) is 1. The van der Waals surface area contributed by atoms with Crippen LogP contribution in [0.1, 0.15) is 37.8 Å². The van der Waals surface area contributed by atoms with Crippen molar-refractivity contribution in [3.8, 4) is 0 Å². The van der Waals surface area contributed by atoms with Crippen molar-refractivity contribution in [1.82, 2.24) is 5.32 Å². The predicted octanol–water partition coefficient (Wildman–Crippen LogP) is 3.45. The molecule has 0 radical (unpaired) electrons. The van der Waals surface area contributed by atoms with Gasteiger partial charge in [0, 0.05) is 16.1 Å². The van der Waals surface area contributed by atoms with E-state index in [4.69, 9.17) is 0 Å². The Hall–Kier alpha value is -0.460. The molecule has 6 heteroatoms. The first kappa shape index (κ1) is 16.9. The fourth-order valence-electron chi connectivity index (χ4n) is 2.81. The third-order valence-electron chi connectivity index (χ3n) is 3.87. The number of benzene rings is 1. The van der Waals surface area contributed by atoms with Crippen LogP contribution in [0.15, 0.2) is 22.7 Å². The Morgan fingerprint density at radius 2 is 2.24 bits per heavy atom. The monoisotopic (exact) mass is 377 g/mol. The van der Waals surface area contributed by atoms with Gasteiger partial charge in [-0.1, -0.05) is 22.9 Å². The Labute approximate surface area is 134 Å². The van der Waals surface area contributed by atoms with Gasteiger partial charge in [0.05, 0.1) is 11.5 Å². The smallest absolute Gasteiger partial charge is 0.150 e. The van der Waals surface area contributed by atoms with E-state index in [1.165, 1.54) is 6.07 Å². The Kier molecular flexibility index (Phi) is 5.80. The Bertz CT molecular complexity index is 591. The van der Waals surface area contributed by atoms with E-state index in [2.05, 4.69) is 28.2 Å². The summed E-state index contributed by atoms with van der Waals surface area (Å²) in [6.45, 7) is 2.84. The largest absolute Gasteiger partial charge is 0.310 e. The average Bonchev–Trinajstić information content (AvgIpc) is 2.77. The molecule has 21 heavy (non-hydrogen) atoms. The molecule has 0 saturated carbocycles. The second kappa shape index (κ2) is 7.20. The van der Waals surface area contributed by atoms with Gasteiger partial charge in [0.2, 0.25) is 0 Å². The summed E-state index contributed by atoms with van der Waals surface area (Å²) >= 11 is 3.37. The predicted molar refractivity (Wildman–Crippen MR) is 86.5 cm³/mol. The van der Waals surface area contributed by atoms with Crippen LogP contribution in [0.25, 0.3) is 0 Å². The van der Waals surface area contributed by atoms with Gasteiger partial charge in [-0.25, -0.2) is 12.8 Å². The number of hydrogen-bond acceptors (Lipinski definition) is 3. The van der Waals surface area contributed by atoms with Crippen LogP contribution in [-0.2, 0) is 9.84 Å². The minimum absolute atomic E-state index is 0.114. The van der Waals surface area contributed by atoms with E-state index in [-0.39, 0.29) is 29.3 Å². The van der Waals surface area contributed by atoms with Gasteiger partial charge >= 0.3 is 0 Å². The van der Waals surface area contributed by atoms with Crippen molar-refractivity contribution in [3.05, 3.63) is 34.1 Å². The minimum atomic E-state index is -2.89. The van der Waals surface area contributed by atoms with Crippen LogP contribution in [0.5, 0.6) is 0 Å². The van der Waals surface area contributed by atoms with Crippen molar-refractivity contribution in [2.75, 3.05) is 18.1 Å². The molecule has 0 aliphatic carbocycles. The molecule has 2 unspecified atom stereocenters. The SMILES string of the molecule is CCCNC(CC1CCS(=O)(=O)C1)c1cc(Br)ccc1F. The first-order valence-electron chi connectivity index (χ1n) is 7.30. The zero-order valence-electron chi connectivity index (χ0n) is 12.1. The molecule has 0 bridgehead atoms. The summed E-state index contributed by atoms with van der Waals surface area (Å²) in [5.41, 5.74) is 0.613. The van der Waals surface area contributed by atoms with Crippen molar-refractivity contribution in [2.45, 2.75) is 32.2 Å². The van der Waals surface area contributed by atoms with Gasteiger partial charge in [-0.3, -0.25) is 0 Å². The van der Waals surface area contributed by atoms with E-state index < -0.39 is 9.84 Å². The van der Waals surface area contributed by atoms with Crippen LogP contribution in [0.4, 0.5) is 4.39 Å². The van der Waals surface area contributed by atoms with Crippen LogP contribution in [0.2, 0.25) is 0 Å². The van der Waals surface area contributed by atoms with Crippen molar-refractivity contribution in [2.24, 2.45) is 5.92 Å². The number of hydrogen-bond donors (Lipinski definition) is 1. The van der Waals surface area contributed by atoms with Crippen molar-refractivity contribution in [3.63, 3.8) is 0 Å². The maximum absolute atomic E-state index is 14.1. The highest BCUT2D eigenvalue weighted by Crippen LogP contribution is 2.31. The fourth-order valence-corrected chi connectivity index (χ4v) is 5.07. The van der Waals surface area contributed by atoms with Crippen LogP contribution in [0.3, 0.4) is 0 Å². The Balaban J connectivity index is 2.16. The van der Waals surface area contributed by atoms with E-state index in [9.17, 15) is 12.8 Å². The summed E-state index contributed by atoms with van der Waals surface area (Å²) in [7, 11) is -2.89. The summed E-state index contributed by atoms with van der Waals surface area (Å²) in [6, 6.07) is 4.77. The van der Waals surface area contributed by atoms with E-state index in [0.717, 1.165) is 17.4 Å². The van der Waals surface area contributed by atoms with E-state index in [1.807, 2.05) is 0 Å². The molecule has 1 saturated heterocycles. The van der Waals surface area contributed by atoms with Crippen LogP contribution < -0.4 is 5.32 Å². The van der Waals surface area contributed by atoms with Gasteiger partial charge in [-0.15, -0.1) is 0 Å². The molecular formula is C15H21BrFNO2S. The highest BCUT2D eigenvalue weighted by molar-refractivity contribution is 9.10. The molecule has 1 fully saturated rings. The number of sulfone groups is 1. The van der Waals surface area contributed by atoms with Gasteiger partial charge in [0.15, 0.2) is 9.84 Å². The minimum Gasteiger partial charge on any atom is -0.310 e. The maximum atomic E-state index is 14.1. The third kappa shape index (κ3) is 4.76. The zero-order chi connectivity index (χ0) is 15.5. The lowest BCUT2D eigenvalue weighted by atomic mass is 9.94. The molecule has 0 spiro atoms. The number of rotatable bonds is 6. The zero-order valence-corrected chi connectivity index (χ0v) is 14.5. The van der Waals surface area contributed by atoms with Crippen molar-refractivity contribution in [1.29, 1.82) is 0 Å². The van der Waals surface area contributed by atoms with Gasteiger partial charge in [-0.2, -0.15) is 0 Å². The van der Waals surface area contributed by atoms with Crippen molar-refractivity contribution >= 4 is 25.8 Å². The lowest BCUT2D eigenvalue weighted by molar-refractivity contribution is 0.403. The molecule has 3 nitrogen and oxygen atoms in total. The fraction of sp³-hybridized carbons (Fsp3) is 0.600. The second-order valence-electron chi connectivity index (χ2n) is 5.68. The van der Waals surface area contributed by atoms with E-state index in [1.54, 1.807) is 12.1 Å². The van der Waals surface area contributed by atoms with E-state index in [0.29, 0.717) is 18.4 Å². The Morgan fingerprint density at radius 3 is 2.86 bits per heavy atom. The first-order valence-corrected chi connectivity index (χ1v) is 9.91. The van der Waals surface area contributed by atoms with Crippen LogP contribution in [-0.4, -0.2) is 26.5 Å². The highest BCUT2D eigenvalue weighted by atomic mass is 79.9. The molecule has 2 rings (SSSR count). The molecule has 1 aliphatic rings. The average molecular weight is 378 g/mol. The maximum Gasteiger partial charge on any atom is 0.150 e. The molecule has 1 N–H and O–H groups in total. The van der Waals surface area contributed by atoms with Gasteiger partial charge in [-0.05, 0) is 49.9 Å². The Morgan fingerprint density at radius 1 is 1.48 bits per heavy atom. The summed E-state index contributed by atoms with van der Waals surface area (Å²) in [4.78, 5) is 0. The molecule has 0 aromatic heterocycles. The van der Waals surface area contributed by atoms with Gasteiger partial charge in [0.1, 0.15) is 5.82 Å². The van der Waals surface area contributed by atoms with Crippen molar-refractivity contribution < 1.29 is 12.8 Å². The van der Waals surface area contributed by atoms with E-state index >= 15 is 0 Å². The molecule has 2 atom stereocenters. The molecule has 1 aliphatic heterocycles. The van der Waals surface area contributed by atoms with Crippen LogP contribution >= 0.6 is 15.9 Å². The molecule has 1 aromatic carbocycles. The summed E-state index contributed by atoms with van der Waals surface area (Å²) < 4.78 is 38.1. The molecule has 118 valence electrons. The third-order valence-corrected chi connectivity index (χ3v) is 6.20. The summed E-state index contributed by atoms with van der Waals surface area (Å²) in [6.07, 6.45) is 2.30. The molecule has 0 amide bonds. The topological polar surface area (TPSA) is 46.2 Å². The summed E-state index contributed by atoms with van der Waals surface area (Å²) in [5.74, 6) is 0.363. The highest BCUT2D eigenvalue weighted by Gasteiger charge is 2.30. The van der Waals surface area contributed by atoms with Gasteiger partial charge in [0.25, 0.3) is 0 Å². The number of halogens is 2. The first-order chi connectivity index (χ1) is 9.91. The molecular weight excluding hydrogens is 357 g/mol. The standard InChI is InChI=1S/C15H21BrFNO2S/c1-2-6-18-15(8-11-5-7-21(19,20)10-11)13-9-12(16)3-4-14(13)17/h3-4,9,11,15,18H,2,5-8,10H2,1H3. The lowest BCUT2D eigenvalue weighted by Crippen LogP contribution is -2.26.